The number of methoxy groups -OCH3 is 1. The zero-order valence-corrected chi connectivity index (χ0v) is 8.93. The van der Waals surface area contributed by atoms with Crippen LogP contribution in [0.2, 0.25) is 0 Å². The van der Waals surface area contributed by atoms with Crippen LogP contribution in [-0.2, 0) is 9.53 Å². The normalized spacial score (nSPS) is 18.3. The van der Waals surface area contributed by atoms with Crippen LogP contribution in [0.5, 0.6) is 0 Å². The Labute approximate surface area is 88.4 Å². The fourth-order valence-corrected chi connectivity index (χ4v) is 1.74. The molecule has 1 atom stereocenters. The molecule has 2 rings (SSSR count). The first kappa shape index (κ1) is 10.2. The number of aromatic nitrogens is 2. The van der Waals surface area contributed by atoms with Gasteiger partial charge in [-0.2, -0.15) is 0 Å². The Morgan fingerprint density at radius 1 is 1.73 bits per heavy atom. The minimum atomic E-state index is -0.298. The lowest BCUT2D eigenvalue weighted by Crippen LogP contribution is -2.41. The number of imidazole rings is 1. The number of nitrogens with one attached hydrogen (secondary N) is 1. The van der Waals surface area contributed by atoms with E-state index in [0.29, 0.717) is 5.92 Å². The SMILES string of the molecule is COC(=O)C(C)n1cncc1C1CNC1. The summed E-state index contributed by atoms with van der Waals surface area (Å²) in [6.07, 6.45) is 3.51. The molecule has 2 heterocycles. The molecule has 0 bridgehead atoms. The Kier molecular flexibility index (Phi) is 2.73. The predicted octanol–water partition coefficient (Wildman–Crippen LogP) is 0.304. The summed E-state index contributed by atoms with van der Waals surface area (Å²) in [6, 6.07) is -0.298. The van der Waals surface area contributed by atoms with Crippen molar-refractivity contribution in [1.29, 1.82) is 0 Å². The van der Waals surface area contributed by atoms with Crippen molar-refractivity contribution in [2.45, 2.75) is 18.9 Å². The van der Waals surface area contributed by atoms with E-state index in [1.54, 1.807) is 6.33 Å². The molecular weight excluding hydrogens is 194 g/mol. The van der Waals surface area contributed by atoms with E-state index in [2.05, 4.69) is 10.3 Å². The Balaban J connectivity index is 2.19. The van der Waals surface area contributed by atoms with Crippen molar-refractivity contribution in [3.8, 4) is 0 Å². The maximum Gasteiger partial charge on any atom is 0.328 e. The minimum absolute atomic E-state index is 0.235. The minimum Gasteiger partial charge on any atom is -0.467 e. The summed E-state index contributed by atoms with van der Waals surface area (Å²) in [5.74, 6) is 0.237. The maximum atomic E-state index is 11.4. The molecule has 82 valence electrons. The highest BCUT2D eigenvalue weighted by Gasteiger charge is 2.26. The van der Waals surface area contributed by atoms with E-state index in [9.17, 15) is 4.79 Å². The largest absolute Gasteiger partial charge is 0.467 e. The van der Waals surface area contributed by atoms with E-state index in [0.717, 1.165) is 18.8 Å². The number of esters is 1. The molecule has 0 amide bonds. The maximum absolute atomic E-state index is 11.4. The number of nitrogens with zero attached hydrogens (tertiary/aromatic N) is 2. The molecule has 0 radical (unpaired) electrons. The molecule has 15 heavy (non-hydrogen) atoms. The second-order valence-corrected chi connectivity index (χ2v) is 3.78. The van der Waals surface area contributed by atoms with Gasteiger partial charge in [0.1, 0.15) is 6.04 Å². The van der Waals surface area contributed by atoms with Crippen LogP contribution in [0.15, 0.2) is 12.5 Å². The highest BCUT2D eigenvalue weighted by atomic mass is 16.5. The van der Waals surface area contributed by atoms with Crippen molar-refractivity contribution in [3.05, 3.63) is 18.2 Å². The van der Waals surface area contributed by atoms with Gasteiger partial charge in [0.15, 0.2) is 0 Å². The number of ether oxygens (including phenoxy) is 1. The molecule has 1 N–H and O–H groups in total. The van der Waals surface area contributed by atoms with Gasteiger partial charge in [-0.15, -0.1) is 0 Å². The summed E-state index contributed by atoms with van der Waals surface area (Å²) in [4.78, 5) is 15.5. The average Bonchev–Trinajstić information content (AvgIpc) is 2.61. The summed E-state index contributed by atoms with van der Waals surface area (Å²) in [7, 11) is 1.40. The zero-order chi connectivity index (χ0) is 10.8. The van der Waals surface area contributed by atoms with E-state index in [1.165, 1.54) is 7.11 Å². The first-order chi connectivity index (χ1) is 7.24. The first-order valence-corrected chi connectivity index (χ1v) is 5.04. The van der Waals surface area contributed by atoms with Crippen LogP contribution in [0.3, 0.4) is 0 Å². The van der Waals surface area contributed by atoms with Gasteiger partial charge in [-0.25, -0.2) is 9.78 Å². The molecule has 1 saturated heterocycles. The van der Waals surface area contributed by atoms with Crippen LogP contribution in [-0.4, -0.2) is 35.7 Å². The Morgan fingerprint density at radius 3 is 3.00 bits per heavy atom. The molecule has 0 saturated carbocycles. The molecule has 1 aliphatic heterocycles. The van der Waals surface area contributed by atoms with E-state index < -0.39 is 0 Å². The number of carbonyl (C=O) groups excluding carboxylic acids is 1. The van der Waals surface area contributed by atoms with Gasteiger partial charge in [0.25, 0.3) is 0 Å². The molecule has 1 aliphatic rings. The van der Waals surface area contributed by atoms with Gasteiger partial charge >= 0.3 is 5.97 Å². The molecule has 5 nitrogen and oxygen atoms in total. The molecule has 5 heteroatoms. The van der Waals surface area contributed by atoms with Crippen molar-refractivity contribution in [2.24, 2.45) is 0 Å². The van der Waals surface area contributed by atoms with Gasteiger partial charge < -0.3 is 14.6 Å². The van der Waals surface area contributed by atoms with Crippen molar-refractivity contribution >= 4 is 5.97 Å². The van der Waals surface area contributed by atoms with Crippen LogP contribution in [0, 0.1) is 0 Å². The van der Waals surface area contributed by atoms with Gasteiger partial charge in [0.05, 0.1) is 13.4 Å². The first-order valence-electron chi connectivity index (χ1n) is 5.04. The molecular formula is C10H15N3O2. The summed E-state index contributed by atoms with van der Waals surface area (Å²) < 4.78 is 6.61. The van der Waals surface area contributed by atoms with Crippen LogP contribution < -0.4 is 5.32 Å². The number of hydrogen-bond acceptors (Lipinski definition) is 4. The van der Waals surface area contributed by atoms with Gasteiger partial charge in [-0.05, 0) is 6.92 Å². The van der Waals surface area contributed by atoms with Crippen LogP contribution in [0.25, 0.3) is 0 Å². The lowest BCUT2D eigenvalue weighted by Gasteiger charge is -2.28. The fraction of sp³-hybridized carbons (Fsp3) is 0.600. The van der Waals surface area contributed by atoms with Crippen molar-refractivity contribution < 1.29 is 9.53 Å². The van der Waals surface area contributed by atoms with Crippen molar-refractivity contribution in [1.82, 2.24) is 14.9 Å². The average molecular weight is 209 g/mol. The van der Waals surface area contributed by atoms with Crippen molar-refractivity contribution in [3.63, 3.8) is 0 Å². The summed E-state index contributed by atoms with van der Waals surface area (Å²) in [6.45, 7) is 3.74. The number of carbonyl (C=O) groups is 1. The summed E-state index contributed by atoms with van der Waals surface area (Å²) in [5, 5.41) is 3.20. The van der Waals surface area contributed by atoms with E-state index in [4.69, 9.17) is 4.74 Å². The topological polar surface area (TPSA) is 56.2 Å². The molecule has 0 aliphatic carbocycles. The number of hydrogen-bond donors (Lipinski definition) is 1. The monoisotopic (exact) mass is 209 g/mol. The fourth-order valence-electron chi connectivity index (χ4n) is 1.74. The lowest BCUT2D eigenvalue weighted by molar-refractivity contribution is -0.144. The summed E-state index contributed by atoms with van der Waals surface area (Å²) >= 11 is 0. The predicted molar refractivity (Wildman–Crippen MR) is 54.6 cm³/mol. The van der Waals surface area contributed by atoms with Gasteiger partial charge in [-0.3, -0.25) is 0 Å². The van der Waals surface area contributed by atoms with E-state index >= 15 is 0 Å². The molecule has 0 aromatic carbocycles. The van der Waals surface area contributed by atoms with Gasteiger partial charge in [0.2, 0.25) is 0 Å². The highest BCUT2D eigenvalue weighted by Crippen LogP contribution is 2.22. The third-order valence-electron chi connectivity index (χ3n) is 2.86. The zero-order valence-electron chi connectivity index (χ0n) is 8.93. The third kappa shape index (κ3) is 1.74. The molecule has 1 unspecified atom stereocenters. The lowest BCUT2D eigenvalue weighted by atomic mass is 9.99. The Bertz CT molecular complexity index is 357. The second-order valence-electron chi connectivity index (χ2n) is 3.78. The Hall–Kier alpha value is -1.36. The standard InChI is InChI=1S/C10H15N3O2/c1-7(10(14)15-2)13-6-12-5-9(13)8-3-11-4-8/h5-8,11H,3-4H2,1-2H3. The van der Waals surface area contributed by atoms with Gasteiger partial charge in [-0.1, -0.05) is 0 Å². The quantitative estimate of drug-likeness (QED) is 0.728. The van der Waals surface area contributed by atoms with Crippen LogP contribution in [0.4, 0.5) is 0 Å². The molecule has 1 fully saturated rings. The number of rotatable bonds is 3. The molecule has 1 aromatic rings. The summed E-state index contributed by atoms with van der Waals surface area (Å²) in [5.41, 5.74) is 1.10. The van der Waals surface area contributed by atoms with Crippen molar-refractivity contribution in [2.75, 3.05) is 20.2 Å². The molecule has 0 spiro atoms. The molecule has 1 aromatic heterocycles. The van der Waals surface area contributed by atoms with E-state index in [1.807, 2.05) is 17.7 Å². The van der Waals surface area contributed by atoms with Gasteiger partial charge in [0, 0.05) is 30.9 Å². The third-order valence-corrected chi connectivity index (χ3v) is 2.86. The van der Waals surface area contributed by atoms with Crippen LogP contribution in [0.1, 0.15) is 24.6 Å². The highest BCUT2D eigenvalue weighted by molar-refractivity contribution is 5.73. The van der Waals surface area contributed by atoms with E-state index in [-0.39, 0.29) is 12.0 Å². The Morgan fingerprint density at radius 2 is 2.47 bits per heavy atom. The van der Waals surface area contributed by atoms with Crippen LogP contribution >= 0.6 is 0 Å². The second kappa shape index (κ2) is 4.02. The smallest absolute Gasteiger partial charge is 0.328 e.